The fourth-order valence-electron chi connectivity index (χ4n) is 3.21. The van der Waals surface area contributed by atoms with Crippen molar-refractivity contribution in [3.8, 4) is 10.6 Å². The van der Waals surface area contributed by atoms with E-state index in [0.717, 1.165) is 10.6 Å². The van der Waals surface area contributed by atoms with Crippen LogP contribution in [0.4, 0.5) is 0 Å². The first-order valence-electron chi connectivity index (χ1n) is 9.59. The van der Waals surface area contributed by atoms with E-state index in [4.69, 9.17) is 4.74 Å². The molecule has 0 amide bonds. The summed E-state index contributed by atoms with van der Waals surface area (Å²) in [6, 6.07) is 25.8. The van der Waals surface area contributed by atoms with E-state index in [1.807, 2.05) is 48.7 Å². The third-order valence-corrected chi connectivity index (χ3v) is 5.82. The highest BCUT2D eigenvalue weighted by Crippen LogP contribution is 2.31. The van der Waals surface area contributed by atoms with E-state index >= 15 is 0 Å². The van der Waals surface area contributed by atoms with Crippen LogP contribution in [0.3, 0.4) is 0 Å². The summed E-state index contributed by atoms with van der Waals surface area (Å²) in [5, 5.41) is 14.1. The molecule has 0 saturated carbocycles. The highest BCUT2D eigenvalue weighted by molar-refractivity contribution is 7.13. The molecule has 0 atom stereocenters. The van der Waals surface area contributed by atoms with Crippen molar-refractivity contribution >= 4 is 17.3 Å². The maximum Gasteiger partial charge on any atom is 0.348 e. The molecule has 0 aliphatic heterocycles. The maximum atomic E-state index is 13.1. The molecule has 0 unspecified atom stereocenters. The minimum absolute atomic E-state index is 0.0107. The SMILES string of the molecule is Cc1ccc(-c2nc(COC(=O)C(O)(c3ccccc3)c3ccccc3)cs2)cc1. The van der Waals surface area contributed by atoms with Gasteiger partial charge in [0, 0.05) is 10.9 Å². The molecule has 4 nitrogen and oxygen atoms in total. The Morgan fingerprint density at radius 1 is 0.933 bits per heavy atom. The Kier molecular flexibility index (Phi) is 5.74. The Labute approximate surface area is 179 Å². The lowest BCUT2D eigenvalue weighted by molar-refractivity contribution is -0.163. The lowest BCUT2D eigenvalue weighted by atomic mass is 9.86. The van der Waals surface area contributed by atoms with Crippen molar-refractivity contribution in [2.24, 2.45) is 0 Å². The number of carbonyl (C=O) groups is 1. The number of rotatable bonds is 6. The van der Waals surface area contributed by atoms with Gasteiger partial charge in [-0.25, -0.2) is 9.78 Å². The van der Waals surface area contributed by atoms with Crippen LogP contribution < -0.4 is 0 Å². The maximum absolute atomic E-state index is 13.1. The molecule has 1 N–H and O–H groups in total. The quantitative estimate of drug-likeness (QED) is 0.445. The Bertz CT molecular complexity index is 1080. The first kappa shape index (κ1) is 20.0. The number of carbonyl (C=O) groups excluding carboxylic acids is 1. The number of hydrogen-bond donors (Lipinski definition) is 1. The molecule has 5 heteroatoms. The molecule has 0 fully saturated rings. The summed E-state index contributed by atoms with van der Waals surface area (Å²) in [6.45, 7) is 2.03. The second-order valence-corrected chi connectivity index (χ2v) is 7.89. The summed E-state index contributed by atoms with van der Waals surface area (Å²) in [5.41, 5.74) is 1.88. The zero-order valence-electron chi connectivity index (χ0n) is 16.5. The molecular formula is C25H21NO3S. The van der Waals surface area contributed by atoms with Gasteiger partial charge in [-0.2, -0.15) is 0 Å². The number of aromatic nitrogens is 1. The number of aliphatic hydroxyl groups is 1. The third-order valence-electron chi connectivity index (χ3n) is 4.88. The van der Waals surface area contributed by atoms with Crippen LogP contribution in [0, 0.1) is 6.92 Å². The number of ether oxygens (including phenoxy) is 1. The van der Waals surface area contributed by atoms with E-state index in [-0.39, 0.29) is 6.61 Å². The molecule has 4 aromatic rings. The molecule has 150 valence electrons. The first-order valence-corrected chi connectivity index (χ1v) is 10.5. The van der Waals surface area contributed by atoms with Gasteiger partial charge in [-0.1, -0.05) is 90.5 Å². The largest absolute Gasteiger partial charge is 0.456 e. The topological polar surface area (TPSA) is 59.4 Å². The van der Waals surface area contributed by atoms with Crippen molar-refractivity contribution in [1.29, 1.82) is 0 Å². The van der Waals surface area contributed by atoms with E-state index in [9.17, 15) is 9.90 Å². The van der Waals surface area contributed by atoms with Crippen LogP contribution in [0.5, 0.6) is 0 Å². The summed E-state index contributed by atoms with van der Waals surface area (Å²) in [7, 11) is 0. The van der Waals surface area contributed by atoms with Crippen LogP contribution in [0.25, 0.3) is 10.6 Å². The van der Waals surface area contributed by atoms with Crippen molar-refractivity contribution in [3.63, 3.8) is 0 Å². The van der Waals surface area contributed by atoms with Crippen LogP contribution in [-0.4, -0.2) is 16.1 Å². The van der Waals surface area contributed by atoms with Crippen molar-refractivity contribution < 1.29 is 14.6 Å². The van der Waals surface area contributed by atoms with Gasteiger partial charge in [0.1, 0.15) is 11.6 Å². The van der Waals surface area contributed by atoms with Crippen LogP contribution in [0.15, 0.2) is 90.3 Å². The average Bonchev–Trinajstić information content (AvgIpc) is 3.27. The normalized spacial score (nSPS) is 11.3. The van der Waals surface area contributed by atoms with E-state index in [2.05, 4.69) is 4.98 Å². The second kappa shape index (κ2) is 8.61. The minimum atomic E-state index is -1.89. The van der Waals surface area contributed by atoms with Gasteiger partial charge in [-0.3, -0.25) is 0 Å². The molecule has 1 heterocycles. The van der Waals surface area contributed by atoms with Crippen molar-refractivity contribution in [3.05, 3.63) is 113 Å². The highest BCUT2D eigenvalue weighted by Gasteiger charge is 2.41. The van der Waals surface area contributed by atoms with E-state index in [1.54, 1.807) is 48.5 Å². The van der Waals surface area contributed by atoms with Crippen LogP contribution in [0.1, 0.15) is 22.4 Å². The van der Waals surface area contributed by atoms with Crippen LogP contribution in [-0.2, 0) is 21.7 Å². The summed E-state index contributed by atoms with van der Waals surface area (Å²) < 4.78 is 5.53. The Balaban J connectivity index is 1.55. The van der Waals surface area contributed by atoms with E-state index in [1.165, 1.54) is 16.9 Å². The number of thiazole rings is 1. The number of nitrogens with zero attached hydrogens (tertiary/aromatic N) is 1. The monoisotopic (exact) mass is 415 g/mol. The summed E-state index contributed by atoms with van der Waals surface area (Å²) in [6.07, 6.45) is 0. The zero-order valence-corrected chi connectivity index (χ0v) is 17.3. The van der Waals surface area contributed by atoms with E-state index < -0.39 is 11.6 Å². The molecule has 0 aliphatic rings. The lowest BCUT2D eigenvalue weighted by Crippen LogP contribution is -2.38. The molecule has 0 saturated heterocycles. The Morgan fingerprint density at radius 2 is 1.50 bits per heavy atom. The Morgan fingerprint density at radius 3 is 2.07 bits per heavy atom. The summed E-state index contributed by atoms with van der Waals surface area (Å²) in [5.74, 6) is -0.732. The molecule has 0 aliphatic carbocycles. The van der Waals surface area contributed by atoms with Crippen LogP contribution >= 0.6 is 11.3 Å². The van der Waals surface area contributed by atoms with Gasteiger partial charge in [0.15, 0.2) is 0 Å². The first-order chi connectivity index (χ1) is 14.6. The van der Waals surface area contributed by atoms with Crippen LogP contribution in [0.2, 0.25) is 0 Å². The van der Waals surface area contributed by atoms with Gasteiger partial charge < -0.3 is 9.84 Å². The molecule has 4 rings (SSSR count). The molecule has 1 aromatic heterocycles. The van der Waals surface area contributed by atoms with Gasteiger partial charge in [0.2, 0.25) is 5.60 Å². The fraction of sp³-hybridized carbons (Fsp3) is 0.120. The van der Waals surface area contributed by atoms with Crippen molar-refractivity contribution in [2.45, 2.75) is 19.1 Å². The average molecular weight is 416 g/mol. The summed E-state index contributed by atoms with van der Waals surface area (Å²) >= 11 is 1.50. The molecule has 3 aromatic carbocycles. The van der Waals surface area contributed by atoms with Gasteiger partial charge in [0.05, 0.1) is 5.69 Å². The van der Waals surface area contributed by atoms with Crippen molar-refractivity contribution in [2.75, 3.05) is 0 Å². The number of hydrogen-bond acceptors (Lipinski definition) is 5. The molecule has 0 bridgehead atoms. The Hall–Kier alpha value is -3.28. The number of benzene rings is 3. The van der Waals surface area contributed by atoms with Crippen molar-refractivity contribution in [1.82, 2.24) is 4.98 Å². The smallest absolute Gasteiger partial charge is 0.348 e. The molecule has 0 spiro atoms. The number of aryl methyl sites for hydroxylation is 1. The predicted molar refractivity (Wildman–Crippen MR) is 118 cm³/mol. The van der Waals surface area contributed by atoms with Gasteiger partial charge in [-0.15, -0.1) is 11.3 Å². The molecule has 0 radical (unpaired) electrons. The standard InChI is InChI=1S/C25H21NO3S/c1-18-12-14-19(15-13-18)23-26-22(17-30-23)16-29-24(27)25(28,20-8-4-2-5-9-20)21-10-6-3-7-11-21/h2-15,17,28H,16H2,1H3. The number of esters is 1. The third kappa shape index (κ3) is 4.03. The zero-order chi connectivity index (χ0) is 21.0. The minimum Gasteiger partial charge on any atom is -0.456 e. The van der Waals surface area contributed by atoms with E-state index in [0.29, 0.717) is 16.8 Å². The van der Waals surface area contributed by atoms with Gasteiger partial charge >= 0.3 is 5.97 Å². The van der Waals surface area contributed by atoms with Gasteiger partial charge in [0.25, 0.3) is 0 Å². The molecular weight excluding hydrogens is 394 g/mol. The fourth-order valence-corrected chi connectivity index (χ4v) is 4.02. The predicted octanol–water partition coefficient (Wildman–Crippen LogP) is 5.10. The summed E-state index contributed by atoms with van der Waals surface area (Å²) in [4.78, 5) is 17.6. The highest BCUT2D eigenvalue weighted by atomic mass is 32.1. The van der Waals surface area contributed by atoms with Gasteiger partial charge in [-0.05, 0) is 18.1 Å². The second-order valence-electron chi connectivity index (χ2n) is 7.03. The lowest BCUT2D eigenvalue weighted by Gasteiger charge is -2.26. The molecule has 30 heavy (non-hydrogen) atoms.